The molecular formula is C21H22ClN3O. The third kappa shape index (κ3) is 3.10. The molecule has 1 aliphatic heterocycles. The molecule has 26 heavy (non-hydrogen) atoms. The average Bonchev–Trinajstić information content (AvgIpc) is 3.26. The van der Waals surface area contributed by atoms with E-state index in [0.29, 0.717) is 13.0 Å². The number of halogens is 1. The zero-order chi connectivity index (χ0) is 18.1. The summed E-state index contributed by atoms with van der Waals surface area (Å²) in [5.74, 6) is 1.18. The Hall–Kier alpha value is -2.33. The topological polar surface area (TPSA) is 38.1 Å². The summed E-state index contributed by atoms with van der Waals surface area (Å²) < 4.78 is 2.24. The molecule has 2 aromatic carbocycles. The van der Waals surface area contributed by atoms with Gasteiger partial charge in [-0.05, 0) is 42.7 Å². The number of amides is 1. The Morgan fingerprint density at radius 2 is 2.08 bits per heavy atom. The molecule has 3 aromatic rings. The summed E-state index contributed by atoms with van der Waals surface area (Å²) in [5, 5.41) is 0.733. The lowest BCUT2D eigenvalue weighted by atomic mass is 10.1. The number of hydrogen-bond donors (Lipinski definition) is 0. The van der Waals surface area contributed by atoms with Crippen molar-refractivity contribution in [2.24, 2.45) is 0 Å². The van der Waals surface area contributed by atoms with Crippen LogP contribution in [0.25, 0.3) is 11.0 Å². The Balaban J connectivity index is 1.80. The van der Waals surface area contributed by atoms with Crippen molar-refractivity contribution in [1.29, 1.82) is 0 Å². The zero-order valence-electron chi connectivity index (χ0n) is 14.9. The third-order valence-corrected chi connectivity index (χ3v) is 5.32. The van der Waals surface area contributed by atoms with Crippen molar-refractivity contribution in [3.8, 4) is 0 Å². The van der Waals surface area contributed by atoms with Gasteiger partial charge in [-0.15, -0.1) is 0 Å². The number of likely N-dealkylation sites (tertiary alicyclic amines) is 1. The van der Waals surface area contributed by atoms with Crippen LogP contribution in [0.2, 0.25) is 5.02 Å². The molecule has 1 saturated heterocycles. The molecule has 1 amide bonds. The third-order valence-electron chi connectivity index (χ3n) is 5.09. The van der Waals surface area contributed by atoms with Crippen molar-refractivity contribution in [3.63, 3.8) is 0 Å². The van der Waals surface area contributed by atoms with E-state index in [1.807, 2.05) is 48.2 Å². The minimum atomic E-state index is 0.0500. The highest BCUT2D eigenvalue weighted by atomic mass is 35.5. The molecule has 0 unspecified atom stereocenters. The van der Waals surface area contributed by atoms with Crippen molar-refractivity contribution in [1.82, 2.24) is 14.5 Å². The monoisotopic (exact) mass is 367 g/mol. The van der Waals surface area contributed by atoms with E-state index in [4.69, 9.17) is 16.6 Å². The molecule has 1 fully saturated rings. The normalized spacial score (nSPS) is 17.2. The first-order valence-corrected chi connectivity index (χ1v) is 9.54. The fraction of sp³-hybridized carbons (Fsp3) is 0.333. The maximum atomic E-state index is 12.4. The van der Waals surface area contributed by atoms with Crippen LogP contribution in [0.5, 0.6) is 0 Å². The highest BCUT2D eigenvalue weighted by molar-refractivity contribution is 6.30. The second-order valence-corrected chi connectivity index (χ2v) is 7.21. The van der Waals surface area contributed by atoms with E-state index in [-0.39, 0.29) is 11.9 Å². The van der Waals surface area contributed by atoms with Crippen molar-refractivity contribution >= 4 is 28.5 Å². The molecule has 2 heterocycles. The molecule has 1 aromatic heterocycles. The van der Waals surface area contributed by atoms with Crippen LogP contribution < -0.4 is 0 Å². The first-order chi connectivity index (χ1) is 12.7. The molecule has 1 atom stereocenters. The quantitative estimate of drug-likeness (QED) is 0.663. The number of para-hydroxylation sites is 2. The Kier molecular flexibility index (Phi) is 4.68. The number of nitrogens with zero attached hydrogens (tertiary/aromatic N) is 3. The fourth-order valence-corrected chi connectivity index (χ4v) is 4.08. The van der Waals surface area contributed by atoms with Crippen LogP contribution in [0, 0.1) is 0 Å². The van der Waals surface area contributed by atoms with Crippen LogP contribution in [0.3, 0.4) is 0 Å². The van der Waals surface area contributed by atoms with Crippen LogP contribution in [-0.4, -0.2) is 26.9 Å². The largest absolute Gasteiger partial charge is 0.333 e. The lowest BCUT2D eigenvalue weighted by molar-refractivity contribution is -0.131. The highest BCUT2D eigenvalue weighted by Gasteiger charge is 2.32. The van der Waals surface area contributed by atoms with E-state index in [1.165, 1.54) is 0 Å². The molecular weight excluding hydrogens is 346 g/mol. The van der Waals surface area contributed by atoms with Crippen LogP contribution in [0.4, 0.5) is 0 Å². The van der Waals surface area contributed by atoms with Crippen molar-refractivity contribution < 1.29 is 4.79 Å². The van der Waals surface area contributed by atoms with Crippen LogP contribution in [0.1, 0.15) is 43.6 Å². The number of benzene rings is 2. The number of aromatic nitrogens is 2. The summed E-state index contributed by atoms with van der Waals surface area (Å²) in [6.07, 6.45) is 2.52. The Bertz CT molecular complexity index is 949. The highest BCUT2D eigenvalue weighted by Crippen LogP contribution is 2.34. The molecule has 4 rings (SSSR count). The molecule has 0 N–H and O–H groups in total. The number of imidazole rings is 1. The predicted molar refractivity (Wildman–Crippen MR) is 104 cm³/mol. The molecule has 0 bridgehead atoms. The van der Waals surface area contributed by atoms with E-state index in [2.05, 4.69) is 16.7 Å². The first-order valence-electron chi connectivity index (χ1n) is 9.16. The maximum Gasteiger partial charge on any atom is 0.222 e. The average molecular weight is 368 g/mol. The van der Waals surface area contributed by atoms with E-state index in [0.717, 1.165) is 46.8 Å². The van der Waals surface area contributed by atoms with Gasteiger partial charge in [-0.2, -0.15) is 0 Å². The molecule has 0 saturated carbocycles. The second-order valence-electron chi connectivity index (χ2n) is 6.77. The summed E-state index contributed by atoms with van der Waals surface area (Å²) in [6.45, 7) is 3.44. The minimum absolute atomic E-state index is 0.0500. The number of rotatable bonds is 4. The Morgan fingerprint density at radius 3 is 2.88 bits per heavy atom. The van der Waals surface area contributed by atoms with Crippen LogP contribution >= 0.6 is 11.6 Å². The van der Waals surface area contributed by atoms with Gasteiger partial charge in [0.15, 0.2) is 0 Å². The maximum absolute atomic E-state index is 12.4. The fourth-order valence-electron chi connectivity index (χ4n) is 3.87. The van der Waals surface area contributed by atoms with Gasteiger partial charge >= 0.3 is 0 Å². The minimum Gasteiger partial charge on any atom is -0.333 e. The van der Waals surface area contributed by atoms with Gasteiger partial charge < -0.3 is 9.47 Å². The second kappa shape index (κ2) is 7.12. The van der Waals surface area contributed by atoms with Crippen molar-refractivity contribution in [3.05, 3.63) is 64.9 Å². The lowest BCUT2D eigenvalue weighted by Crippen LogP contribution is -2.31. The van der Waals surface area contributed by atoms with Gasteiger partial charge in [0.25, 0.3) is 0 Å². The standard InChI is InChI=1S/C21H22ClN3O/c1-2-20(26)24-12-6-11-19(24)21-23-17-9-3-4-10-18(17)25(21)14-15-7-5-8-16(22)13-15/h3-5,7-10,13,19H,2,6,11-12,14H2,1H3/t19-/m1/s1. The smallest absolute Gasteiger partial charge is 0.222 e. The van der Waals surface area contributed by atoms with Crippen molar-refractivity contribution in [2.45, 2.75) is 38.8 Å². The Morgan fingerprint density at radius 1 is 1.23 bits per heavy atom. The van der Waals surface area contributed by atoms with Crippen LogP contribution in [0.15, 0.2) is 48.5 Å². The zero-order valence-corrected chi connectivity index (χ0v) is 15.6. The molecule has 0 spiro atoms. The van der Waals surface area contributed by atoms with E-state index in [1.54, 1.807) is 0 Å². The summed E-state index contributed by atoms with van der Waals surface area (Å²) in [4.78, 5) is 19.3. The molecule has 0 radical (unpaired) electrons. The van der Waals surface area contributed by atoms with E-state index < -0.39 is 0 Å². The molecule has 1 aliphatic rings. The molecule has 5 heteroatoms. The van der Waals surface area contributed by atoms with Crippen molar-refractivity contribution in [2.75, 3.05) is 6.54 Å². The first kappa shape index (κ1) is 17.1. The molecule has 134 valence electrons. The van der Waals surface area contributed by atoms with E-state index >= 15 is 0 Å². The van der Waals surface area contributed by atoms with Gasteiger partial charge in [-0.25, -0.2) is 4.98 Å². The van der Waals surface area contributed by atoms with Gasteiger partial charge in [0.2, 0.25) is 5.91 Å². The van der Waals surface area contributed by atoms with Gasteiger partial charge in [-0.1, -0.05) is 42.8 Å². The van der Waals surface area contributed by atoms with Crippen LogP contribution in [-0.2, 0) is 11.3 Å². The van der Waals surface area contributed by atoms with Gasteiger partial charge in [0.1, 0.15) is 5.82 Å². The Labute approximate surface area is 158 Å². The predicted octanol–water partition coefficient (Wildman–Crippen LogP) is 4.81. The number of carbonyl (C=O) groups is 1. The van der Waals surface area contributed by atoms with Gasteiger partial charge in [0, 0.05) is 24.5 Å². The lowest BCUT2D eigenvalue weighted by Gasteiger charge is -2.25. The molecule has 0 aliphatic carbocycles. The SMILES string of the molecule is CCC(=O)N1CCC[C@@H]1c1nc2ccccc2n1Cc1cccc(Cl)c1. The number of fused-ring (bicyclic) bond motifs is 1. The number of carbonyl (C=O) groups excluding carboxylic acids is 1. The summed E-state index contributed by atoms with van der Waals surface area (Å²) in [7, 11) is 0. The number of hydrogen-bond acceptors (Lipinski definition) is 2. The summed E-state index contributed by atoms with van der Waals surface area (Å²) >= 11 is 6.18. The summed E-state index contributed by atoms with van der Waals surface area (Å²) in [6, 6.07) is 16.1. The molecule has 4 nitrogen and oxygen atoms in total. The summed E-state index contributed by atoms with van der Waals surface area (Å²) in [5.41, 5.74) is 3.20. The van der Waals surface area contributed by atoms with Gasteiger partial charge in [0.05, 0.1) is 17.1 Å². The van der Waals surface area contributed by atoms with E-state index in [9.17, 15) is 4.79 Å². The van der Waals surface area contributed by atoms with Gasteiger partial charge in [-0.3, -0.25) is 4.79 Å².